The Hall–Kier alpha value is -2.13. The first kappa shape index (κ1) is 17.7. The Labute approximate surface area is 151 Å². The van der Waals surface area contributed by atoms with Crippen LogP contribution in [0.25, 0.3) is 0 Å². The minimum Gasteiger partial charge on any atom is -0.339 e. The van der Waals surface area contributed by atoms with Gasteiger partial charge in [-0.05, 0) is 56.5 Å². The van der Waals surface area contributed by atoms with Crippen molar-refractivity contribution >= 4 is 5.91 Å². The standard InChI is InChI=1S/C22H28N2O/c1-2-24(22(25)21-11-7-4-8-12-21)18-20-13-15-23(16-14-20)17-19-9-5-3-6-10-19/h3-12,20H,2,13-18H2,1H3. The fourth-order valence-electron chi connectivity index (χ4n) is 3.60. The van der Waals surface area contributed by atoms with E-state index in [1.807, 2.05) is 35.2 Å². The summed E-state index contributed by atoms with van der Waals surface area (Å²) >= 11 is 0. The summed E-state index contributed by atoms with van der Waals surface area (Å²) in [4.78, 5) is 17.2. The highest BCUT2D eigenvalue weighted by Crippen LogP contribution is 2.21. The van der Waals surface area contributed by atoms with Crippen molar-refractivity contribution in [2.75, 3.05) is 26.2 Å². The lowest BCUT2D eigenvalue weighted by Gasteiger charge is -2.34. The van der Waals surface area contributed by atoms with Crippen LogP contribution in [0.5, 0.6) is 0 Å². The number of likely N-dealkylation sites (tertiary alicyclic amines) is 1. The molecule has 0 aliphatic carbocycles. The molecule has 0 spiro atoms. The molecule has 132 valence electrons. The summed E-state index contributed by atoms with van der Waals surface area (Å²) in [5.41, 5.74) is 2.18. The van der Waals surface area contributed by atoms with Gasteiger partial charge in [0.05, 0.1) is 0 Å². The largest absolute Gasteiger partial charge is 0.339 e. The molecule has 0 radical (unpaired) electrons. The third kappa shape index (κ3) is 4.93. The Balaban J connectivity index is 1.50. The minimum absolute atomic E-state index is 0.162. The summed E-state index contributed by atoms with van der Waals surface area (Å²) in [5.74, 6) is 0.773. The average Bonchev–Trinajstić information content (AvgIpc) is 2.68. The van der Waals surface area contributed by atoms with Gasteiger partial charge in [0.15, 0.2) is 0 Å². The summed E-state index contributed by atoms with van der Waals surface area (Å²) in [6.45, 7) is 7.01. The van der Waals surface area contributed by atoms with Crippen molar-refractivity contribution in [1.82, 2.24) is 9.80 Å². The smallest absolute Gasteiger partial charge is 0.253 e. The molecule has 3 rings (SSSR count). The molecule has 2 aromatic rings. The Kier molecular flexibility index (Phi) is 6.24. The number of rotatable bonds is 6. The molecule has 1 heterocycles. The van der Waals surface area contributed by atoms with Gasteiger partial charge in [-0.2, -0.15) is 0 Å². The predicted molar refractivity (Wildman–Crippen MR) is 102 cm³/mol. The summed E-state index contributed by atoms with van der Waals surface area (Å²) in [6, 6.07) is 20.3. The van der Waals surface area contributed by atoms with E-state index in [9.17, 15) is 4.79 Å². The summed E-state index contributed by atoms with van der Waals surface area (Å²) in [7, 11) is 0. The number of benzene rings is 2. The highest BCUT2D eigenvalue weighted by molar-refractivity contribution is 5.94. The molecule has 25 heavy (non-hydrogen) atoms. The van der Waals surface area contributed by atoms with E-state index < -0.39 is 0 Å². The van der Waals surface area contributed by atoms with E-state index in [1.54, 1.807) is 0 Å². The first-order valence-corrected chi connectivity index (χ1v) is 9.37. The number of hydrogen-bond donors (Lipinski definition) is 0. The summed E-state index contributed by atoms with van der Waals surface area (Å²) in [5, 5.41) is 0. The van der Waals surface area contributed by atoms with Gasteiger partial charge in [-0.1, -0.05) is 48.5 Å². The van der Waals surface area contributed by atoms with Gasteiger partial charge in [-0.3, -0.25) is 9.69 Å². The molecule has 1 aliphatic heterocycles. The number of piperidine rings is 1. The molecule has 0 N–H and O–H groups in total. The zero-order valence-electron chi connectivity index (χ0n) is 15.1. The maximum Gasteiger partial charge on any atom is 0.253 e. The molecule has 0 saturated carbocycles. The number of carbonyl (C=O) groups is 1. The maximum absolute atomic E-state index is 12.7. The fraction of sp³-hybridized carbons (Fsp3) is 0.409. The normalized spacial score (nSPS) is 15.9. The van der Waals surface area contributed by atoms with Crippen molar-refractivity contribution < 1.29 is 4.79 Å². The fourth-order valence-corrected chi connectivity index (χ4v) is 3.60. The molecule has 0 aromatic heterocycles. The molecule has 1 aliphatic rings. The second-order valence-corrected chi connectivity index (χ2v) is 6.91. The van der Waals surface area contributed by atoms with Crippen LogP contribution in [-0.4, -0.2) is 41.9 Å². The first-order valence-electron chi connectivity index (χ1n) is 9.37. The van der Waals surface area contributed by atoms with Crippen LogP contribution in [0.15, 0.2) is 60.7 Å². The van der Waals surface area contributed by atoms with Crippen molar-refractivity contribution in [3.63, 3.8) is 0 Å². The van der Waals surface area contributed by atoms with Crippen LogP contribution in [0.3, 0.4) is 0 Å². The lowest BCUT2D eigenvalue weighted by molar-refractivity contribution is 0.0698. The van der Waals surface area contributed by atoms with E-state index in [2.05, 4.69) is 42.2 Å². The molecule has 3 nitrogen and oxygen atoms in total. The lowest BCUT2D eigenvalue weighted by Crippen LogP contribution is -2.40. The Morgan fingerprint density at radius 3 is 2.20 bits per heavy atom. The van der Waals surface area contributed by atoms with E-state index >= 15 is 0 Å². The second kappa shape index (κ2) is 8.82. The van der Waals surface area contributed by atoms with Crippen LogP contribution in [-0.2, 0) is 6.54 Å². The van der Waals surface area contributed by atoms with Crippen molar-refractivity contribution in [3.8, 4) is 0 Å². The highest BCUT2D eigenvalue weighted by Gasteiger charge is 2.23. The monoisotopic (exact) mass is 336 g/mol. The number of nitrogens with zero attached hydrogens (tertiary/aromatic N) is 2. The van der Waals surface area contributed by atoms with Crippen LogP contribution in [0.1, 0.15) is 35.7 Å². The highest BCUT2D eigenvalue weighted by atomic mass is 16.2. The predicted octanol–water partition coefficient (Wildman–Crippen LogP) is 4.06. The van der Waals surface area contributed by atoms with Crippen molar-refractivity contribution in [1.29, 1.82) is 0 Å². The maximum atomic E-state index is 12.7. The number of amides is 1. The second-order valence-electron chi connectivity index (χ2n) is 6.91. The average molecular weight is 336 g/mol. The summed E-state index contributed by atoms with van der Waals surface area (Å²) in [6.07, 6.45) is 2.34. The van der Waals surface area contributed by atoms with Crippen molar-refractivity contribution in [2.45, 2.75) is 26.3 Å². The van der Waals surface area contributed by atoms with E-state index in [-0.39, 0.29) is 5.91 Å². The van der Waals surface area contributed by atoms with Crippen molar-refractivity contribution in [3.05, 3.63) is 71.8 Å². The van der Waals surface area contributed by atoms with E-state index in [4.69, 9.17) is 0 Å². The molecule has 3 heteroatoms. The minimum atomic E-state index is 0.162. The Morgan fingerprint density at radius 1 is 1.00 bits per heavy atom. The van der Waals surface area contributed by atoms with Gasteiger partial charge in [0, 0.05) is 25.2 Å². The van der Waals surface area contributed by atoms with Crippen LogP contribution < -0.4 is 0 Å². The van der Waals surface area contributed by atoms with Gasteiger partial charge in [0.2, 0.25) is 0 Å². The molecular weight excluding hydrogens is 308 g/mol. The number of carbonyl (C=O) groups excluding carboxylic acids is 1. The van der Waals surface area contributed by atoms with E-state index in [1.165, 1.54) is 18.4 Å². The molecule has 0 bridgehead atoms. The molecule has 0 unspecified atom stereocenters. The molecular formula is C22H28N2O. The van der Waals surface area contributed by atoms with Crippen LogP contribution >= 0.6 is 0 Å². The molecule has 0 atom stereocenters. The Morgan fingerprint density at radius 2 is 1.60 bits per heavy atom. The van der Waals surface area contributed by atoms with Crippen LogP contribution in [0, 0.1) is 5.92 Å². The van der Waals surface area contributed by atoms with Crippen LogP contribution in [0.2, 0.25) is 0 Å². The van der Waals surface area contributed by atoms with Gasteiger partial charge in [0.1, 0.15) is 0 Å². The van der Waals surface area contributed by atoms with Gasteiger partial charge >= 0.3 is 0 Å². The molecule has 1 saturated heterocycles. The third-order valence-electron chi connectivity index (χ3n) is 5.12. The van der Waals surface area contributed by atoms with Gasteiger partial charge in [0.25, 0.3) is 5.91 Å². The third-order valence-corrected chi connectivity index (χ3v) is 5.12. The lowest BCUT2D eigenvalue weighted by atomic mass is 9.95. The zero-order chi connectivity index (χ0) is 17.5. The van der Waals surface area contributed by atoms with E-state index in [0.717, 1.165) is 38.3 Å². The molecule has 1 amide bonds. The SMILES string of the molecule is CCN(CC1CCN(Cc2ccccc2)CC1)C(=O)c1ccccc1. The van der Waals surface area contributed by atoms with Crippen molar-refractivity contribution in [2.24, 2.45) is 5.92 Å². The quantitative estimate of drug-likeness (QED) is 0.794. The molecule has 1 fully saturated rings. The van der Waals surface area contributed by atoms with Crippen LogP contribution in [0.4, 0.5) is 0 Å². The topological polar surface area (TPSA) is 23.6 Å². The first-order chi connectivity index (χ1) is 12.3. The molecule has 2 aromatic carbocycles. The van der Waals surface area contributed by atoms with Gasteiger partial charge in [-0.15, -0.1) is 0 Å². The van der Waals surface area contributed by atoms with Gasteiger partial charge in [-0.25, -0.2) is 0 Å². The number of hydrogen-bond acceptors (Lipinski definition) is 2. The van der Waals surface area contributed by atoms with Gasteiger partial charge < -0.3 is 4.90 Å². The van der Waals surface area contributed by atoms with E-state index in [0.29, 0.717) is 5.92 Å². The zero-order valence-corrected chi connectivity index (χ0v) is 15.1. The summed E-state index contributed by atoms with van der Waals surface area (Å²) < 4.78 is 0. The Bertz CT molecular complexity index is 648.